The van der Waals surface area contributed by atoms with Crippen LogP contribution < -0.4 is 15.8 Å². The van der Waals surface area contributed by atoms with Crippen LogP contribution in [0.3, 0.4) is 0 Å². The van der Waals surface area contributed by atoms with E-state index in [0.29, 0.717) is 18.0 Å². The van der Waals surface area contributed by atoms with E-state index in [1.54, 1.807) is 12.1 Å². The number of nitrogen functional groups attached to an aromatic ring is 1. The second kappa shape index (κ2) is 8.91. The number of carbonyl (C=O) groups excluding carboxylic acids is 1. The number of anilines is 1. The molecule has 1 aromatic rings. The number of nitrogens with one attached hydrogen (secondary N) is 2. The van der Waals surface area contributed by atoms with Crippen molar-refractivity contribution in [3.8, 4) is 0 Å². The van der Waals surface area contributed by atoms with Gasteiger partial charge in [0.15, 0.2) is 0 Å². The van der Waals surface area contributed by atoms with Crippen LogP contribution in [0.15, 0.2) is 29.2 Å². The van der Waals surface area contributed by atoms with Crippen molar-refractivity contribution in [2.45, 2.75) is 18.2 Å². The lowest BCUT2D eigenvalue weighted by Crippen LogP contribution is -2.38. The summed E-state index contributed by atoms with van der Waals surface area (Å²) < 4.78 is 25.7. The molecule has 4 N–H and O–H groups in total. The standard InChI is InChI=1S/C13H21N3O3S2/c1-2-7-15-13(17)10-16-21(18,19)9-8-20-12-5-3-11(14)4-6-12/h3-6,16H,2,7-10,14H2,1H3,(H,15,17). The average Bonchev–Trinajstić information content (AvgIpc) is 2.45. The third-order valence-electron chi connectivity index (χ3n) is 2.53. The zero-order chi connectivity index (χ0) is 15.7. The molecule has 0 aromatic heterocycles. The quantitative estimate of drug-likeness (QED) is 0.459. The highest BCUT2D eigenvalue weighted by Gasteiger charge is 2.12. The Morgan fingerprint density at radius 2 is 1.95 bits per heavy atom. The van der Waals surface area contributed by atoms with Crippen molar-refractivity contribution in [1.29, 1.82) is 0 Å². The van der Waals surface area contributed by atoms with Crippen molar-refractivity contribution in [2.24, 2.45) is 0 Å². The maximum Gasteiger partial charge on any atom is 0.235 e. The lowest BCUT2D eigenvalue weighted by Gasteiger charge is -2.07. The molecule has 0 heterocycles. The van der Waals surface area contributed by atoms with Gasteiger partial charge in [0.1, 0.15) is 0 Å². The molecule has 0 unspecified atom stereocenters. The highest BCUT2D eigenvalue weighted by Crippen LogP contribution is 2.19. The molecule has 1 rings (SSSR count). The van der Waals surface area contributed by atoms with Gasteiger partial charge in [0.2, 0.25) is 15.9 Å². The van der Waals surface area contributed by atoms with Crippen LogP contribution in [0.5, 0.6) is 0 Å². The fourth-order valence-corrected chi connectivity index (χ4v) is 3.68. The minimum absolute atomic E-state index is 0.0386. The Morgan fingerprint density at radius 3 is 2.57 bits per heavy atom. The molecule has 0 saturated heterocycles. The molecule has 118 valence electrons. The first kappa shape index (κ1) is 17.8. The predicted molar refractivity (Wildman–Crippen MR) is 86.7 cm³/mol. The fraction of sp³-hybridized carbons (Fsp3) is 0.462. The summed E-state index contributed by atoms with van der Waals surface area (Å²) in [6, 6.07) is 7.23. The van der Waals surface area contributed by atoms with Crippen molar-refractivity contribution in [1.82, 2.24) is 10.0 Å². The number of rotatable bonds is 9. The van der Waals surface area contributed by atoms with Gasteiger partial charge >= 0.3 is 0 Å². The van der Waals surface area contributed by atoms with Crippen LogP contribution in [0.2, 0.25) is 0 Å². The van der Waals surface area contributed by atoms with E-state index in [2.05, 4.69) is 10.0 Å². The molecule has 0 aliphatic heterocycles. The molecule has 0 saturated carbocycles. The highest BCUT2D eigenvalue weighted by molar-refractivity contribution is 8.00. The fourth-order valence-electron chi connectivity index (χ4n) is 1.41. The molecule has 0 aliphatic rings. The molecule has 0 radical (unpaired) electrons. The first-order valence-corrected chi connectivity index (χ1v) is 9.29. The van der Waals surface area contributed by atoms with Crippen LogP contribution in [0.1, 0.15) is 13.3 Å². The van der Waals surface area contributed by atoms with Gasteiger partial charge in [-0.3, -0.25) is 4.79 Å². The Bertz CT molecular complexity index is 544. The van der Waals surface area contributed by atoms with Gasteiger partial charge in [-0.2, -0.15) is 0 Å². The molecule has 0 aliphatic carbocycles. The van der Waals surface area contributed by atoms with Crippen LogP contribution in [-0.4, -0.2) is 38.9 Å². The Morgan fingerprint density at radius 1 is 1.29 bits per heavy atom. The zero-order valence-corrected chi connectivity index (χ0v) is 13.6. The Balaban J connectivity index is 2.29. The number of thioether (sulfide) groups is 1. The van der Waals surface area contributed by atoms with Gasteiger partial charge in [0, 0.05) is 22.9 Å². The van der Waals surface area contributed by atoms with E-state index >= 15 is 0 Å². The lowest BCUT2D eigenvalue weighted by atomic mass is 10.3. The van der Waals surface area contributed by atoms with E-state index in [4.69, 9.17) is 5.73 Å². The first-order valence-electron chi connectivity index (χ1n) is 6.65. The summed E-state index contributed by atoms with van der Waals surface area (Å²) in [5.74, 6) is 0.0606. The number of amides is 1. The topological polar surface area (TPSA) is 101 Å². The minimum Gasteiger partial charge on any atom is -0.399 e. The molecule has 0 spiro atoms. The maximum absolute atomic E-state index is 11.7. The van der Waals surface area contributed by atoms with E-state index in [9.17, 15) is 13.2 Å². The van der Waals surface area contributed by atoms with Crippen LogP contribution in [0.4, 0.5) is 5.69 Å². The number of nitrogens with two attached hydrogens (primary N) is 1. The van der Waals surface area contributed by atoms with Crippen molar-refractivity contribution in [2.75, 3.05) is 30.3 Å². The molecular weight excluding hydrogens is 310 g/mol. The van der Waals surface area contributed by atoms with E-state index in [0.717, 1.165) is 11.3 Å². The Hall–Kier alpha value is -1.25. The van der Waals surface area contributed by atoms with E-state index in [1.807, 2.05) is 19.1 Å². The SMILES string of the molecule is CCCNC(=O)CNS(=O)(=O)CCSc1ccc(N)cc1. The van der Waals surface area contributed by atoms with Gasteiger partial charge in [-0.05, 0) is 30.7 Å². The number of sulfonamides is 1. The molecule has 0 bridgehead atoms. The number of hydrogen-bond donors (Lipinski definition) is 3. The van der Waals surface area contributed by atoms with E-state index in [1.165, 1.54) is 11.8 Å². The van der Waals surface area contributed by atoms with Crippen LogP contribution in [-0.2, 0) is 14.8 Å². The zero-order valence-electron chi connectivity index (χ0n) is 12.0. The monoisotopic (exact) mass is 331 g/mol. The van der Waals surface area contributed by atoms with E-state index in [-0.39, 0.29) is 18.2 Å². The second-order valence-electron chi connectivity index (χ2n) is 4.41. The van der Waals surface area contributed by atoms with Crippen molar-refractivity contribution >= 4 is 33.4 Å². The van der Waals surface area contributed by atoms with Crippen LogP contribution in [0, 0.1) is 0 Å². The summed E-state index contributed by atoms with van der Waals surface area (Å²) in [6.45, 7) is 2.27. The molecule has 6 nitrogen and oxygen atoms in total. The molecule has 1 aromatic carbocycles. The number of carbonyl (C=O) groups is 1. The smallest absolute Gasteiger partial charge is 0.235 e. The molecule has 0 atom stereocenters. The van der Waals surface area contributed by atoms with Gasteiger partial charge in [-0.15, -0.1) is 11.8 Å². The van der Waals surface area contributed by atoms with Gasteiger partial charge in [0.05, 0.1) is 12.3 Å². The van der Waals surface area contributed by atoms with Crippen molar-refractivity contribution in [3.63, 3.8) is 0 Å². The largest absolute Gasteiger partial charge is 0.399 e. The van der Waals surface area contributed by atoms with Crippen molar-refractivity contribution in [3.05, 3.63) is 24.3 Å². The summed E-state index contributed by atoms with van der Waals surface area (Å²) in [5, 5.41) is 2.61. The van der Waals surface area contributed by atoms with Crippen LogP contribution in [0.25, 0.3) is 0 Å². The molecular formula is C13H21N3O3S2. The third-order valence-corrected chi connectivity index (χ3v) is 5.12. The van der Waals surface area contributed by atoms with Crippen LogP contribution >= 0.6 is 11.8 Å². The van der Waals surface area contributed by atoms with Gasteiger partial charge < -0.3 is 11.1 Å². The normalized spacial score (nSPS) is 11.3. The van der Waals surface area contributed by atoms with Gasteiger partial charge in [0.25, 0.3) is 0 Å². The molecule has 8 heteroatoms. The minimum atomic E-state index is -3.44. The van der Waals surface area contributed by atoms with Gasteiger partial charge in [-0.25, -0.2) is 13.1 Å². The summed E-state index contributed by atoms with van der Waals surface area (Å²) in [4.78, 5) is 12.3. The summed E-state index contributed by atoms with van der Waals surface area (Å²) in [7, 11) is -3.44. The molecule has 1 amide bonds. The summed E-state index contributed by atoms with van der Waals surface area (Å²) in [5.41, 5.74) is 6.25. The first-order chi connectivity index (χ1) is 9.93. The lowest BCUT2D eigenvalue weighted by molar-refractivity contribution is -0.119. The maximum atomic E-state index is 11.7. The summed E-state index contributed by atoms with van der Waals surface area (Å²) in [6.07, 6.45) is 0.816. The summed E-state index contributed by atoms with van der Waals surface area (Å²) >= 11 is 1.43. The van der Waals surface area contributed by atoms with Gasteiger partial charge in [-0.1, -0.05) is 6.92 Å². The number of hydrogen-bond acceptors (Lipinski definition) is 5. The highest BCUT2D eigenvalue weighted by atomic mass is 32.2. The second-order valence-corrected chi connectivity index (χ2v) is 7.50. The predicted octanol–water partition coefficient (Wildman–Crippen LogP) is 0.806. The molecule has 21 heavy (non-hydrogen) atoms. The average molecular weight is 331 g/mol. The van der Waals surface area contributed by atoms with E-state index < -0.39 is 10.0 Å². The third kappa shape index (κ3) is 7.93. The Kier molecular flexibility index (Phi) is 7.55. The molecule has 0 fully saturated rings. The van der Waals surface area contributed by atoms with Crippen molar-refractivity contribution < 1.29 is 13.2 Å². The Labute approximate surface area is 129 Å². The number of benzene rings is 1.